The maximum Gasteiger partial charge on any atom is 0.327 e. The molecule has 0 bridgehead atoms. The molecule has 162 valence electrons. The highest BCUT2D eigenvalue weighted by Gasteiger charge is 2.74. The van der Waals surface area contributed by atoms with Crippen LogP contribution in [-0.4, -0.2) is 69.5 Å². The van der Waals surface area contributed by atoms with Gasteiger partial charge in [-0.1, -0.05) is 0 Å². The van der Waals surface area contributed by atoms with E-state index in [2.05, 4.69) is 21.2 Å². The van der Waals surface area contributed by atoms with Crippen LogP contribution in [0, 0.1) is 0 Å². The number of halogens is 1. The number of hydrogen-bond acceptors (Lipinski definition) is 7. The fraction of sp³-hybridized carbons (Fsp3) is 0.474. The molecule has 1 unspecified atom stereocenters. The van der Waals surface area contributed by atoms with Crippen LogP contribution in [0.5, 0.6) is 11.5 Å². The Balaban J connectivity index is 2.05. The molecular formula is C19H21BrN2O7S. The number of fused-ring (bicyclic) bond motifs is 1. The number of rotatable bonds is 6. The number of ketones is 1. The lowest BCUT2D eigenvalue weighted by atomic mass is 9.81. The molecule has 3 rings (SSSR count). The molecule has 2 aliphatic heterocycles. The summed E-state index contributed by atoms with van der Waals surface area (Å²) in [5, 5.41) is 11.3. The normalized spacial score (nSPS) is 26.5. The SMILES string of the molecule is COc1ccc(Br)c(OC)c1C(=O)NC1(C(C)=O)C(=O)N2[C@@H](C(=O)O)C(C)(C)S[C@@H]21. The number of aliphatic carboxylic acids is 1. The molecule has 0 aliphatic carbocycles. The van der Waals surface area contributed by atoms with Gasteiger partial charge >= 0.3 is 5.97 Å². The van der Waals surface area contributed by atoms with Crippen molar-refractivity contribution in [1.29, 1.82) is 0 Å². The first-order valence-corrected chi connectivity index (χ1v) is 10.6. The zero-order valence-electron chi connectivity index (χ0n) is 16.9. The smallest absolute Gasteiger partial charge is 0.327 e. The second kappa shape index (κ2) is 7.45. The minimum absolute atomic E-state index is 0.0123. The molecule has 0 aromatic heterocycles. The van der Waals surface area contributed by atoms with E-state index in [0.717, 1.165) is 4.90 Å². The number of carboxylic acids is 1. The molecule has 9 nitrogen and oxygen atoms in total. The van der Waals surface area contributed by atoms with Gasteiger partial charge in [0.05, 0.1) is 18.7 Å². The van der Waals surface area contributed by atoms with Crippen molar-refractivity contribution >= 4 is 51.3 Å². The molecule has 11 heteroatoms. The second-order valence-electron chi connectivity index (χ2n) is 7.50. The van der Waals surface area contributed by atoms with Crippen molar-refractivity contribution in [2.24, 2.45) is 0 Å². The van der Waals surface area contributed by atoms with E-state index in [4.69, 9.17) is 9.47 Å². The predicted octanol–water partition coefficient (Wildman–Crippen LogP) is 1.67. The fourth-order valence-electron chi connectivity index (χ4n) is 3.95. The first-order valence-electron chi connectivity index (χ1n) is 8.91. The molecule has 3 atom stereocenters. The summed E-state index contributed by atoms with van der Waals surface area (Å²) < 4.78 is 10.2. The molecule has 1 aromatic carbocycles. The number of nitrogens with zero attached hydrogens (tertiary/aromatic N) is 1. The van der Waals surface area contributed by atoms with Gasteiger partial charge in [0.25, 0.3) is 11.8 Å². The van der Waals surface area contributed by atoms with E-state index in [1.165, 1.54) is 32.9 Å². The van der Waals surface area contributed by atoms with Crippen LogP contribution in [0.3, 0.4) is 0 Å². The van der Waals surface area contributed by atoms with Crippen molar-refractivity contribution in [3.05, 3.63) is 22.2 Å². The Hall–Kier alpha value is -2.27. The van der Waals surface area contributed by atoms with Gasteiger partial charge < -0.3 is 24.8 Å². The van der Waals surface area contributed by atoms with Gasteiger partial charge in [-0.2, -0.15) is 0 Å². The Bertz CT molecular complexity index is 966. The number of hydrogen-bond donors (Lipinski definition) is 2. The average molecular weight is 501 g/mol. The maximum atomic E-state index is 13.2. The van der Waals surface area contributed by atoms with Crippen LogP contribution in [0.1, 0.15) is 31.1 Å². The van der Waals surface area contributed by atoms with Crippen LogP contribution < -0.4 is 14.8 Å². The van der Waals surface area contributed by atoms with Crippen molar-refractivity contribution in [3.63, 3.8) is 0 Å². The summed E-state index contributed by atoms with van der Waals surface area (Å²) in [5.74, 6) is -2.86. The number of carboxylic acid groups (broad SMARTS) is 1. The van der Waals surface area contributed by atoms with Crippen LogP contribution in [0.15, 0.2) is 16.6 Å². The third kappa shape index (κ3) is 2.97. The van der Waals surface area contributed by atoms with E-state index >= 15 is 0 Å². The minimum atomic E-state index is -1.87. The van der Waals surface area contributed by atoms with Gasteiger partial charge in [-0.3, -0.25) is 14.4 Å². The number of thioether (sulfide) groups is 1. The first-order chi connectivity index (χ1) is 13.9. The summed E-state index contributed by atoms with van der Waals surface area (Å²) in [7, 11) is 2.75. The molecule has 2 amide bonds. The van der Waals surface area contributed by atoms with Gasteiger partial charge in [-0.05, 0) is 48.8 Å². The molecule has 2 heterocycles. The zero-order valence-corrected chi connectivity index (χ0v) is 19.3. The Morgan fingerprint density at radius 3 is 2.37 bits per heavy atom. The number of methoxy groups -OCH3 is 2. The van der Waals surface area contributed by atoms with Crippen LogP contribution >= 0.6 is 27.7 Å². The highest BCUT2D eigenvalue weighted by molar-refractivity contribution is 9.10. The van der Waals surface area contributed by atoms with Gasteiger partial charge in [0.1, 0.15) is 28.5 Å². The lowest BCUT2D eigenvalue weighted by molar-refractivity contribution is -0.170. The average Bonchev–Trinajstić information content (AvgIpc) is 2.93. The lowest BCUT2D eigenvalue weighted by Crippen LogP contribution is -2.82. The number of amides is 2. The number of Topliss-reactive ketones (excluding diaryl/α,β-unsaturated/α-hetero) is 1. The van der Waals surface area contributed by atoms with Crippen LogP contribution in [0.2, 0.25) is 0 Å². The molecular weight excluding hydrogens is 480 g/mol. The quantitative estimate of drug-likeness (QED) is 0.446. The van der Waals surface area contributed by atoms with Crippen LogP contribution in [-0.2, 0) is 14.4 Å². The topological polar surface area (TPSA) is 122 Å². The maximum absolute atomic E-state index is 13.2. The van der Waals surface area contributed by atoms with E-state index < -0.39 is 45.3 Å². The number of nitrogens with one attached hydrogen (secondary N) is 1. The van der Waals surface area contributed by atoms with Crippen molar-refractivity contribution < 1.29 is 33.8 Å². The Kier molecular flexibility index (Phi) is 5.57. The Labute approximate surface area is 185 Å². The third-order valence-corrected chi connectivity index (χ3v) is 7.63. The van der Waals surface area contributed by atoms with E-state index in [-0.39, 0.29) is 17.1 Å². The molecule has 2 N–H and O–H groups in total. The molecule has 30 heavy (non-hydrogen) atoms. The molecule has 0 radical (unpaired) electrons. The van der Waals surface area contributed by atoms with Crippen LogP contribution in [0.4, 0.5) is 0 Å². The van der Waals surface area contributed by atoms with Crippen molar-refractivity contribution in [2.75, 3.05) is 14.2 Å². The monoisotopic (exact) mass is 500 g/mol. The standard InChI is InChI=1S/C19H21BrN2O7S/c1-8(23)19(16(27)22-13(15(25)26)18(2,3)30-17(19)22)21-14(24)11-10(28-4)7-6-9(20)12(11)29-5/h6-7,13,17H,1-5H3,(H,21,24)(H,25,26)/t13-,17+,19?/m0/s1. The number of carbonyl (C=O) groups excluding carboxylic acids is 3. The minimum Gasteiger partial charge on any atom is -0.496 e. The Morgan fingerprint density at radius 1 is 1.23 bits per heavy atom. The number of β-lactam (4-membered cyclic amide) rings is 1. The van der Waals surface area contributed by atoms with Crippen LogP contribution in [0.25, 0.3) is 0 Å². The summed E-state index contributed by atoms with van der Waals surface area (Å²) in [6.07, 6.45) is 0. The van der Waals surface area contributed by atoms with Gasteiger partial charge in [0, 0.05) is 4.75 Å². The van der Waals surface area contributed by atoms with E-state index in [0.29, 0.717) is 4.47 Å². The summed E-state index contributed by atoms with van der Waals surface area (Å²) in [6.45, 7) is 4.58. The number of ether oxygens (including phenoxy) is 2. The molecule has 2 aliphatic rings. The van der Waals surface area contributed by atoms with E-state index in [9.17, 15) is 24.3 Å². The summed E-state index contributed by atoms with van der Waals surface area (Å²) in [5.41, 5.74) is -1.86. The molecule has 2 fully saturated rings. The van der Waals surface area contributed by atoms with E-state index in [1.807, 2.05) is 0 Å². The molecule has 1 aromatic rings. The zero-order chi connectivity index (χ0) is 22.6. The first kappa shape index (κ1) is 22.4. The predicted molar refractivity (Wildman–Crippen MR) is 112 cm³/mol. The molecule has 0 saturated carbocycles. The lowest BCUT2D eigenvalue weighted by Gasteiger charge is -2.51. The van der Waals surface area contributed by atoms with Gasteiger partial charge in [-0.15, -0.1) is 11.8 Å². The van der Waals surface area contributed by atoms with E-state index in [1.54, 1.807) is 26.0 Å². The van der Waals surface area contributed by atoms with Gasteiger partial charge in [-0.25, -0.2) is 4.79 Å². The fourth-order valence-corrected chi connectivity index (χ4v) is 6.20. The highest BCUT2D eigenvalue weighted by Crippen LogP contribution is 2.55. The van der Waals surface area contributed by atoms with Crippen molar-refractivity contribution in [1.82, 2.24) is 10.2 Å². The van der Waals surface area contributed by atoms with Gasteiger partial charge in [0.2, 0.25) is 5.54 Å². The Morgan fingerprint density at radius 2 is 1.87 bits per heavy atom. The molecule has 2 saturated heterocycles. The van der Waals surface area contributed by atoms with Crippen molar-refractivity contribution in [2.45, 2.75) is 42.5 Å². The number of carbonyl (C=O) groups is 4. The highest BCUT2D eigenvalue weighted by atomic mass is 79.9. The summed E-state index contributed by atoms with van der Waals surface area (Å²) in [4.78, 5) is 51.9. The summed E-state index contributed by atoms with van der Waals surface area (Å²) >= 11 is 4.47. The van der Waals surface area contributed by atoms with Crippen molar-refractivity contribution in [3.8, 4) is 11.5 Å². The third-order valence-electron chi connectivity index (χ3n) is 5.37. The summed E-state index contributed by atoms with van der Waals surface area (Å²) in [6, 6.07) is 2.07. The van der Waals surface area contributed by atoms with Gasteiger partial charge in [0.15, 0.2) is 5.78 Å². The largest absolute Gasteiger partial charge is 0.496 e. The second-order valence-corrected chi connectivity index (χ2v) is 10.1. The molecule has 0 spiro atoms. The number of benzene rings is 1.